The number of primary amides is 1. The predicted octanol–water partition coefficient (Wildman–Crippen LogP) is 3.85. The Labute approximate surface area is 274 Å². The molecule has 0 bridgehead atoms. The van der Waals surface area contributed by atoms with Gasteiger partial charge in [-0.1, -0.05) is 38.5 Å². The normalized spacial score (nSPS) is 33.7. The third-order valence-corrected chi connectivity index (χ3v) is 11.1. The molecule has 0 saturated heterocycles. The number of hydrogen-bond donors (Lipinski definition) is 5. The smallest absolute Gasteiger partial charge is 0.306 e. The second kappa shape index (κ2) is 12.9. The molecule has 1 amide bonds. The maximum absolute atomic E-state index is 14.4. The first-order valence-electron chi connectivity index (χ1n) is 16.5. The Morgan fingerprint density at radius 2 is 1.81 bits per heavy atom. The van der Waals surface area contributed by atoms with E-state index < -0.39 is 76.0 Å². The van der Waals surface area contributed by atoms with Gasteiger partial charge in [0, 0.05) is 17.9 Å². The molecule has 9 atom stereocenters. The Kier molecular flexibility index (Phi) is 9.45. The molecule has 11 heteroatoms. The maximum Gasteiger partial charge on any atom is 0.306 e. The van der Waals surface area contributed by atoms with E-state index in [0.29, 0.717) is 29.7 Å². The number of allylic oxidation sites excluding steroid dienone is 1. The Morgan fingerprint density at radius 3 is 2.43 bits per heavy atom. The zero-order chi connectivity index (χ0) is 34.5. The highest BCUT2D eigenvalue weighted by Gasteiger charge is 2.69. The predicted molar refractivity (Wildman–Crippen MR) is 173 cm³/mol. The van der Waals surface area contributed by atoms with Crippen LogP contribution in [0.3, 0.4) is 0 Å². The van der Waals surface area contributed by atoms with Crippen LogP contribution >= 0.6 is 0 Å². The molecule has 0 aliphatic heterocycles. The van der Waals surface area contributed by atoms with E-state index in [1.165, 1.54) is 25.1 Å². The fourth-order valence-electron chi connectivity index (χ4n) is 8.81. The lowest BCUT2D eigenvalue weighted by molar-refractivity contribution is -0.185. The number of carbonyl (C=O) groups is 4. The van der Waals surface area contributed by atoms with Crippen LogP contribution in [-0.4, -0.2) is 80.6 Å². The Hall–Kier alpha value is -3.96. The summed E-state index contributed by atoms with van der Waals surface area (Å²) in [5.41, 5.74) is 1.62. The molecule has 0 radical (unpaired) electrons. The number of esters is 1. The van der Waals surface area contributed by atoms with Crippen molar-refractivity contribution in [3.63, 3.8) is 0 Å². The third-order valence-electron chi connectivity index (χ3n) is 11.1. The number of phenols is 1. The fraction of sp³-hybridized carbons (Fsp3) is 0.556. The summed E-state index contributed by atoms with van der Waals surface area (Å²) in [7, 11) is 3.00. The molecule has 0 spiro atoms. The van der Waals surface area contributed by atoms with Crippen LogP contribution in [-0.2, 0) is 23.9 Å². The summed E-state index contributed by atoms with van der Waals surface area (Å²) >= 11 is 0. The SMILES string of the molecule is C=CC1CC(CC)CC(CCCC(=O)O[C@H]2[C@H]3C(=C(O)c4c(O)cccc4[C@@H]3C)C(=O)[C@]3(O)C(O)=C(C(N)=O)C(=O)[C@@H](N(C)C)[C@H]23)C1. The first kappa shape index (κ1) is 34.4. The van der Waals surface area contributed by atoms with Crippen molar-refractivity contribution >= 4 is 29.2 Å². The average molecular weight is 651 g/mol. The van der Waals surface area contributed by atoms with Crippen LogP contribution in [0.5, 0.6) is 5.75 Å². The first-order valence-corrected chi connectivity index (χ1v) is 16.5. The lowest BCUT2D eigenvalue weighted by Gasteiger charge is -2.54. The minimum absolute atomic E-state index is 0.0279. The number of amides is 1. The first-order chi connectivity index (χ1) is 22.2. The number of nitrogens with two attached hydrogens (primary N) is 1. The fourth-order valence-corrected chi connectivity index (χ4v) is 8.81. The van der Waals surface area contributed by atoms with Crippen molar-refractivity contribution in [1.29, 1.82) is 0 Å². The minimum Gasteiger partial charge on any atom is -0.508 e. The van der Waals surface area contributed by atoms with Gasteiger partial charge >= 0.3 is 5.97 Å². The highest BCUT2D eigenvalue weighted by atomic mass is 16.5. The van der Waals surface area contributed by atoms with E-state index in [1.54, 1.807) is 19.1 Å². The summed E-state index contributed by atoms with van der Waals surface area (Å²) in [5, 5.41) is 45.7. The number of aromatic hydroxyl groups is 1. The molecule has 1 aromatic rings. The number of Topliss-reactive ketones (excluding diaryl/α,β-unsaturated/α-hetero) is 2. The van der Waals surface area contributed by atoms with E-state index in [4.69, 9.17) is 10.5 Å². The number of fused-ring (bicyclic) bond motifs is 3. The number of nitrogens with zero attached hydrogens (tertiary/aromatic N) is 1. The molecule has 2 saturated carbocycles. The van der Waals surface area contributed by atoms with E-state index in [2.05, 4.69) is 13.5 Å². The number of likely N-dealkylation sites (N-methyl/N-ethyl adjacent to an activating group) is 1. The van der Waals surface area contributed by atoms with Crippen LogP contribution in [0.2, 0.25) is 0 Å². The monoisotopic (exact) mass is 650 g/mol. The molecule has 6 N–H and O–H groups in total. The van der Waals surface area contributed by atoms with Crippen LogP contribution in [0.15, 0.2) is 47.8 Å². The molecule has 3 unspecified atom stereocenters. The summed E-state index contributed by atoms with van der Waals surface area (Å²) in [6.45, 7) is 7.90. The van der Waals surface area contributed by atoms with Crippen LogP contribution in [0.4, 0.5) is 0 Å². The number of hydrogen-bond acceptors (Lipinski definition) is 10. The number of rotatable bonds is 9. The molecule has 4 aliphatic carbocycles. The van der Waals surface area contributed by atoms with Gasteiger partial charge in [0.25, 0.3) is 5.91 Å². The summed E-state index contributed by atoms with van der Waals surface area (Å²) in [6, 6.07) is 3.17. The van der Waals surface area contributed by atoms with Crippen molar-refractivity contribution < 1.29 is 44.3 Å². The molecule has 0 heterocycles. The quantitative estimate of drug-likeness (QED) is 0.149. The van der Waals surface area contributed by atoms with Crippen molar-refractivity contribution in [2.75, 3.05) is 14.1 Å². The molecular weight excluding hydrogens is 604 g/mol. The topological polar surface area (TPSA) is 188 Å². The number of ketones is 2. The van der Waals surface area contributed by atoms with E-state index in [-0.39, 0.29) is 23.3 Å². The zero-order valence-electron chi connectivity index (χ0n) is 27.4. The van der Waals surface area contributed by atoms with Crippen LogP contribution in [0.25, 0.3) is 5.76 Å². The van der Waals surface area contributed by atoms with Gasteiger partial charge in [-0.05, 0) is 81.5 Å². The van der Waals surface area contributed by atoms with Gasteiger partial charge in [-0.3, -0.25) is 24.1 Å². The highest BCUT2D eigenvalue weighted by Crippen LogP contribution is 2.57. The number of benzene rings is 1. The van der Waals surface area contributed by atoms with Crippen molar-refractivity contribution in [2.24, 2.45) is 35.3 Å². The lowest BCUT2D eigenvalue weighted by Crippen LogP contribution is -2.71. The molecule has 1 aromatic carbocycles. The largest absolute Gasteiger partial charge is 0.508 e. The van der Waals surface area contributed by atoms with E-state index >= 15 is 0 Å². The van der Waals surface area contributed by atoms with Gasteiger partial charge in [0.1, 0.15) is 28.9 Å². The average Bonchev–Trinajstić information content (AvgIpc) is 3.01. The number of phenolic OH excluding ortho intramolecular Hbond substituents is 1. The van der Waals surface area contributed by atoms with Crippen LogP contribution < -0.4 is 5.73 Å². The van der Waals surface area contributed by atoms with Gasteiger partial charge < -0.3 is 30.9 Å². The standard InChI is InChI=1S/C36H46N2O9/c1-6-18-14-19(7-2)16-20(15-18)10-8-13-23(40)47-32-24-17(3)21-11-9-12-22(39)25(21)30(41)26(24)33(43)36(46)28(32)29(38(4)5)31(42)27(34(36)44)35(37)45/h6,9,11-12,17-20,24,28-29,32,39,41,44,46H,1,7-8,10,13-16H2,2-5H3,(H2,37,45)/t17-,18?,19?,20?,24+,28+,29-,32-,36-/m0/s1. The van der Waals surface area contributed by atoms with Crippen molar-refractivity contribution in [3.8, 4) is 5.75 Å². The van der Waals surface area contributed by atoms with Crippen molar-refractivity contribution in [3.05, 3.63) is 58.9 Å². The Bertz CT molecular complexity index is 1560. The number of aliphatic hydroxyl groups is 3. The molecule has 0 aromatic heterocycles. The number of ether oxygens (including phenoxy) is 1. The van der Waals surface area contributed by atoms with E-state index in [1.807, 2.05) is 6.08 Å². The third kappa shape index (κ3) is 5.57. The van der Waals surface area contributed by atoms with Gasteiger partial charge in [0.15, 0.2) is 11.4 Å². The molecule has 4 aliphatic rings. The van der Waals surface area contributed by atoms with E-state index in [0.717, 1.165) is 32.1 Å². The molecule has 2 fully saturated rings. The molecule has 47 heavy (non-hydrogen) atoms. The second-order valence-corrected chi connectivity index (χ2v) is 14.0. The molecule has 11 nitrogen and oxygen atoms in total. The highest BCUT2D eigenvalue weighted by molar-refractivity contribution is 6.24. The van der Waals surface area contributed by atoms with Crippen LogP contribution in [0, 0.1) is 29.6 Å². The molecule has 5 rings (SSSR count). The van der Waals surface area contributed by atoms with Gasteiger partial charge in [0.2, 0.25) is 5.78 Å². The molecule has 254 valence electrons. The summed E-state index contributed by atoms with van der Waals surface area (Å²) in [4.78, 5) is 55.5. The Morgan fingerprint density at radius 1 is 1.13 bits per heavy atom. The number of aliphatic hydroxyl groups excluding tert-OH is 2. The maximum atomic E-state index is 14.4. The summed E-state index contributed by atoms with van der Waals surface area (Å²) in [5.74, 6) is -8.11. The minimum atomic E-state index is -2.96. The zero-order valence-corrected chi connectivity index (χ0v) is 27.4. The summed E-state index contributed by atoms with van der Waals surface area (Å²) in [6.07, 6.45) is 6.25. The molecular formula is C36H46N2O9. The number of carbonyl (C=O) groups excluding carboxylic acids is 4. The van der Waals surface area contributed by atoms with Gasteiger partial charge in [-0.15, -0.1) is 6.58 Å². The van der Waals surface area contributed by atoms with E-state index in [9.17, 15) is 39.6 Å². The van der Waals surface area contributed by atoms with Crippen molar-refractivity contribution in [2.45, 2.75) is 82.5 Å². The lowest BCUT2D eigenvalue weighted by atomic mass is 9.54. The van der Waals surface area contributed by atoms with Gasteiger partial charge in [0.05, 0.1) is 17.5 Å². The van der Waals surface area contributed by atoms with Gasteiger partial charge in [-0.25, -0.2) is 0 Å². The van der Waals surface area contributed by atoms with Gasteiger partial charge in [-0.2, -0.15) is 0 Å². The Balaban J connectivity index is 1.56. The second-order valence-electron chi connectivity index (χ2n) is 14.0. The summed E-state index contributed by atoms with van der Waals surface area (Å²) < 4.78 is 6.15. The van der Waals surface area contributed by atoms with Crippen molar-refractivity contribution in [1.82, 2.24) is 4.90 Å². The van der Waals surface area contributed by atoms with Crippen LogP contribution in [0.1, 0.15) is 75.8 Å².